The Balaban J connectivity index is 2.39. The van der Waals surface area contributed by atoms with E-state index in [1.807, 2.05) is 0 Å². The molecule has 1 nitrogen and oxygen atoms in total. The summed E-state index contributed by atoms with van der Waals surface area (Å²) in [7, 11) is 0. The lowest BCUT2D eigenvalue weighted by Crippen LogP contribution is -2.33. The van der Waals surface area contributed by atoms with E-state index in [0.29, 0.717) is 6.04 Å². The molecule has 102 valence electrons. The maximum atomic E-state index is 3.67. The third-order valence-corrected chi connectivity index (χ3v) is 4.34. The largest absolute Gasteiger partial charge is 0.314 e. The van der Waals surface area contributed by atoms with Crippen LogP contribution < -0.4 is 5.32 Å². The molecule has 1 aliphatic rings. The molecule has 1 fully saturated rings. The van der Waals surface area contributed by atoms with Gasteiger partial charge in [-0.3, -0.25) is 0 Å². The Labute approximate surface area is 109 Å². The molecular formula is C16H33N. The van der Waals surface area contributed by atoms with Crippen molar-refractivity contribution in [3.8, 4) is 0 Å². The second kappa shape index (κ2) is 8.13. The highest BCUT2D eigenvalue weighted by Crippen LogP contribution is 2.35. The van der Waals surface area contributed by atoms with Gasteiger partial charge in [0.2, 0.25) is 0 Å². The third kappa shape index (κ3) is 5.90. The van der Waals surface area contributed by atoms with Gasteiger partial charge in [0, 0.05) is 6.04 Å². The molecule has 0 amide bonds. The second-order valence-electron chi connectivity index (χ2n) is 6.50. The van der Waals surface area contributed by atoms with Crippen molar-refractivity contribution in [2.75, 3.05) is 6.54 Å². The van der Waals surface area contributed by atoms with Gasteiger partial charge in [-0.05, 0) is 30.7 Å². The monoisotopic (exact) mass is 239 g/mol. The zero-order chi connectivity index (χ0) is 12.7. The molecule has 17 heavy (non-hydrogen) atoms. The van der Waals surface area contributed by atoms with Crippen molar-refractivity contribution in [3.63, 3.8) is 0 Å². The van der Waals surface area contributed by atoms with Gasteiger partial charge < -0.3 is 5.32 Å². The van der Waals surface area contributed by atoms with Crippen molar-refractivity contribution in [2.24, 2.45) is 17.8 Å². The van der Waals surface area contributed by atoms with E-state index in [2.05, 4.69) is 33.0 Å². The number of nitrogens with one attached hydrogen (secondary N) is 1. The zero-order valence-corrected chi connectivity index (χ0v) is 12.5. The summed E-state index contributed by atoms with van der Waals surface area (Å²) in [4.78, 5) is 0. The Morgan fingerprint density at radius 2 is 1.76 bits per heavy atom. The van der Waals surface area contributed by atoms with E-state index < -0.39 is 0 Å². The minimum atomic E-state index is 0.639. The SMILES string of the molecule is CCCC(C)CC(CNC(C)C)C1CCCC1. The molecule has 1 rings (SSSR count). The minimum absolute atomic E-state index is 0.639. The fraction of sp³-hybridized carbons (Fsp3) is 1.00. The lowest BCUT2D eigenvalue weighted by atomic mass is 9.82. The van der Waals surface area contributed by atoms with Gasteiger partial charge in [-0.1, -0.05) is 66.2 Å². The molecule has 1 saturated carbocycles. The van der Waals surface area contributed by atoms with Gasteiger partial charge in [0.05, 0.1) is 0 Å². The van der Waals surface area contributed by atoms with Crippen molar-refractivity contribution < 1.29 is 0 Å². The van der Waals surface area contributed by atoms with Gasteiger partial charge >= 0.3 is 0 Å². The average molecular weight is 239 g/mol. The molecule has 0 radical (unpaired) electrons. The molecule has 0 aromatic rings. The predicted molar refractivity (Wildman–Crippen MR) is 77.3 cm³/mol. The summed E-state index contributed by atoms with van der Waals surface area (Å²) >= 11 is 0. The maximum absolute atomic E-state index is 3.67. The lowest BCUT2D eigenvalue weighted by Gasteiger charge is -2.27. The normalized spacial score (nSPS) is 21.0. The van der Waals surface area contributed by atoms with Crippen LogP contribution in [0.1, 0.15) is 72.6 Å². The molecule has 1 heteroatoms. The van der Waals surface area contributed by atoms with Crippen LogP contribution in [0.25, 0.3) is 0 Å². The van der Waals surface area contributed by atoms with Crippen molar-refractivity contribution in [2.45, 2.75) is 78.7 Å². The topological polar surface area (TPSA) is 12.0 Å². The number of hydrogen-bond acceptors (Lipinski definition) is 1. The summed E-state index contributed by atoms with van der Waals surface area (Å²) in [6.45, 7) is 10.5. The highest BCUT2D eigenvalue weighted by atomic mass is 14.9. The van der Waals surface area contributed by atoms with Crippen molar-refractivity contribution in [3.05, 3.63) is 0 Å². The highest BCUT2D eigenvalue weighted by molar-refractivity contribution is 4.79. The standard InChI is InChI=1S/C16H33N/c1-5-8-14(4)11-16(12-17-13(2)3)15-9-6-7-10-15/h13-17H,5-12H2,1-4H3. The quantitative estimate of drug-likeness (QED) is 0.652. The van der Waals surface area contributed by atoms with Crippen molar-refractivity contribution in [1.82, 2.24) is 5.32 Å². The molecule has 0 bridgehead atoms. The first-order valence-corrected chi connectivity index (χ1v) is 7.86. The van der Waals surface area contributed by atoms with Crippen LogP contribution in [0.15, 0.2) is 0 Å². The molecule has 0 saturated heterocycles. The van der Waals surface area contributed by atoms with Crippen LogP contribution in [0.4, 0.5) is 0 Å². The Bertz CT molecular complexity index is 182. The van der Waals surface area contributed by atoms with E-state index in [-0.39, 0.29) is 0 Å². The van der Waals surface area contributed by atoms with E-state index in [0.717, 1.165) is 17.8 Å². The van der Waals surface area contributed by atoms with Gasteiger partial charge in [-0.25, -0.2) is 0 Å². The van der Waals surface area contributed by atoms with Gasteiger partial charge in [0.25, 0.3) is 0 Å². The molecule has 1 aliphatic carbocycles. The maximum Gasteiger partial charge on any atom is 0.00104 e. The van der Waals surface area contributed by atoms with Crippen LogP contribution >= 0.6 is 0 Å². The van der Waals surface area contributed by atoms with Crippen molar-refractivity contribution in [1.29, 1.82) is 0 Å². The molecular weight excluding hydrogens is 206 g/mol. The van der Waals surface area contributed by atoms with Crippen LogP contribution in [-0.2, 0) is 0 Å². The van der Waals surface area contributed by atoms with Crippen molar-refractivity contribution >= 4 is 0 Å². The fourth-order valence-electron chi connectivity index (χ4n) is 3.39. The van der Waals surface area contributed by atoms with E-state index in [1.54, 1.807) is 0 Å². The van der Waals surface area contributed by atoms with Gasteiger partial charge in [0.15, 0.2) is 0 Å². The summed E-state index contributed by atoms with van der Waals surface area (Å²) in [5.41, 5.74) is 0. The zero-order valence-electron chi connectivity index (χ0n) is 12.5. The van der Waals surface area contributed by atoms with Crippen LogP contribution in [-0.4, -0.2) is 12.6 Å². The fourth-order valence-corrected chi connectivity index (χ4v) is 3.39. The summed E-state index contributed by atoms with van der Waals surface area (Å²) < 4.78 is 0. The van der Waals surface area contributed by atoms with Gasteiger partial charge in [-0.15, -0.1) is 0 Å². The van der Waals surface area contributed by atoms with Crippen LogP contribution in [0.2, 0.25) is 0 Å². The first-order valence-electron chi connectivity index (χ1n) is 7.86. The van der Waals surface area contributed by atoms with Crippen LogP contribution in [0, 0.1) is 17.8 Å². The molecule has 0 aromatic heterocycles. The van der Waals surface area contributed by atoms with Gasteiger partial charge in [0.1, 0.15) is 0 Å². The molecule has 0 spiro atoms. The molecule has 0 aromatic carbocycles. The average Bonchev–Trinajstić information content (AvgIpc) is 2.77. The Morgan fingerprint density at radius 3 is 2.29 bits per heavy atom. The molecule has 1 N–H and O–H groups in total. The van der Waals surface area contributed by atoms with Crippen LogP contribution in [0.3, 0.4) is 0 Å². The smallest absolute Gasteiger partial charge is 0.00104 e. The van der Waals surface area contributed by atoms with E-state index in [9.17, 15) is 0 Å². The van der Waals surface area contributed by atoms with Crippen LogP contribution in [0.5, 0.6) is 0 Å². The Hall–Kier alpha value is -0.0400. The summed E-state index contributed by atoms with van der Waals surface area (Å²) in [6.07, 6.45) is 10.1. The Kier molecular flexibility index (Phi) is 7.18. The third-order valence-electron chi connectivity index (χ3n) is 4.34. The summed E-state index contributed by atoms with van der Waals surface area (Å²) in [6, 6.07) is 0.639. The molecule has 2 atom stereocenters. The number of rotatable bonds is 8. The van der Waals surface area contributed by atoms with E-state index in [4.69, 9.17) is 0 Å². The number of hydrogen-bond donors (Lipinski definition) is 1. The first-order chi connectivity index (χ1) is 8.13. The predicted octanol–water partition coefficient (Wildman–Crippen LogP) is 4.62. The Morgan fingerprint density at radius 1 is 1.12 bits per heavy atom. The minimum Gasteiger partial charge on any atom is -0.314 e. The molecule has 0 aliphatic heterocycles. The first kappa shape index (κ1) is 15.0. The van der Waals surface area contributed by atoms with Gasteiger partial charge in [-0.2, -0.15) is 0 Å². The molecule has 2 unspecified atom stereocenters. The molecule has 0 heterocycles. The van der Waals surface area contributed by atoms with E-state index >= 15 is 0 Å². The second-order valence-corrected chi connectivity index (χ2v) is 6.50. The summed E-state index contributed by atoms with van der Waals surface area (Å²) in [5, 5.41) is 3.67. The summed E-state index contributed by atoms with van der Waals surface area (Å²) in [5.74, 6) is 2.86. The lowest BCUT2D eigenvalue weighted by molar-refractivity contribution is 0.255. The van der Waals surface area contributed by atoms with E-state index in [1.165, 1.54) is 51.5 Å². The highest BCUT2D eigenvalue weighted by Gasteiger charge is 2.26.